The molecule has 1 aliphatic rings. The van der Waals surface area contributed by atoms with Gasteiger partial charge in [-0.3, -0.25) is 14.7 Å². The first-order chi connectivity index (χ1) is 15.5. The largest absolute Gasteiger partial charge is 0.379 e. The van der Waals surface area contributed by atoms with Crippen molar-refractivity contribution in [1.82, 2.24) is 15.2 Å². The first kappa shape index (κ1) is 24.3. The van der Waals surface area contributed by atoms with Gasteiger partial charge in [-0.1, -0.05) is 38.8 Å². The molecule has 1 fully saturated rings. The number of pyridine rings is 1. The lowest BCUT2D eigenvalue weighted by Gasteiger charge is -2.26. The number of amides is 1. The number of aromatic nitrogens is 1. The Morgan fingerprint density at radius 1 is 1.22 bits per heavy atom. The summed E-state index contributed by atoms with van der Waals surface area (Å²) in [4.78, 5) is 19.4. The summed E-state index contributed by atoms with van der Waals surface area (Å²) in [5.41, 5.74) is 2.60. The molecular weight excluding hydrogens is 405 g/mol. The second-order valence-electron chi connectivity index (χ2n) is 8.71. The van der Waals surface area contributed by atoms with E-state index in [1.54, 1.807) is 18.2 Å². The average molecular weight is 442 g/mol. The van der Waals surface area contributed by atoms with Crippen molar-refractivity contribution in [3.8, 4) is 11.3 Å². The van der Waals surface area contributed by atoms with Crippen LogP contribution in [-0.2, 0) is 22.5 Å². The maximum Gasteiger partial charge on any atom is 0.226 e. The number of ether oxygens (including phenoxy) is 1. The fraction of sp³-hybridized carbons (Fsp3) is 0.538. The predicted molar refractivity (Wildman–Crippen MR) is 126 cm³/mol. The highest BCUT2D eigenvalue weighted by Crippen LogP contribution is 2.23. The topological polar surface area (TPSA) is 54.5 Å². The lowest BCUT2D eigenvalue weighted by atomic mass is 9.93. The van der Waals surface area contributed by atoms with Crippen LogP contribution in [0.5, 0.6) is 0 Å². The van der Waals surface area contributed by atoms with Gasteiger partial charge < -0.3 is 10.1 Å². The summed E-state index contributed by atoms with van der Waals surface area (Å²) in [6.45, 7) is 10.3. The molecule has 1 aromatic heterocycles. The van der Waals surface area contributed by atoms with Crippen molar-refractivity contribution >= 4 is 5.91 Å². The zero-order chi connectivity index (χ0) is 22.9. The Balaban J connectivity index is 1.64. The van der Waals surface area contributed by atoms with E-state index in [1.165, 1.54) is 0 Å². The number of nitrogens with one attached hydrogen (secondary N) is 1. The maximum absolute atomic E-state index is 14.9. The van der Waals surface area contributed by atoms with Gasteiger partial charge in [0.1, 0.15) is 5.82 Å². The van der Waals surface area contributed by atoms with E-state index >= 15 is 0 Å². The molecular formula is C26H36FN3O2. The molecule has 32 heavy (non-hydrogen) atoms. The van der Waals surface area contributed by atoms with E-state index in [2.05, 4.69) is 36.0 Å². The van der Waals surface area contributed by atoms with Gasteiger partial charge in [0.15, 0.2) is 0 Å². The van der Waals surface area contributed by atoms with Crippen LogP contribution in [0.15, 0.2) is 36.4 Å². The van der Waals surface area contributed by atoms with Crippen LogP contribution >= 0.6 is 0 Å². The van der Waals surface area contributed by atoms with Crippen molar-refractivity contribution in [3.05, 3.63) is 53.5 Å². The van der Waals surface area contributed by atoms with Crippen molar-refractivity contribution in [2.75, 3.05) is 26.3 Å². The molecule has 0 aliphatic carbocycles. The van der Waals surface area contributed by atoms with Crippen LogP contribution in [-0.4, -0.2) is 48.1 Å². The molecule has 1 aliphatic heterocycles. The average Bonchev–Trinajstić information content (AvgIpc) is 2.78. The summed E-state index contributed by atoms with van der Waals surface area (Å²) < 4.78 is 20.3. The molecule has 1 amide bonds. The smallest absolute Gasteiger partial charge is 0.226 e. The second-order valence-corrected chi connectivity index (χ2v) is 8.71. The van der Waals surface area contributed by atoms with Crippen LogP contribution in [0.3, 0.4) is 0 Å². The first-order valence-corrected chi connectivity index (χ1v) is 11.8. The number of benzene rings is 1. The molecule has 0 radical (unpaired) electrons. The van der Waals surface area contributed by atoms with Crippen molar-refractivity contribution in [2.24, 2.45) is 5.92 Å². The predicted octanol–water partition coefficient (Wildman–Crippen LogP) is 4.59. The Kier molecular flexibility index (Phi) is 9.18. The number of hydrogen-bond acceptors (Lipinski definition) is 4. The highest BCUT2D eigenvalue weighted by molar-refractivity contribution is 5.78. The normalized spacial score (nSPS) is 16.5. The minimum atomic E-state index is -0.288. The van der Waals surface area contributed by atoms with Gasteiger partial charge in [-0.05, 0) is 49.1 Å². The van der Waals surface area contributed by atoms with Crippen molar-refractivity contribution in [2.45, 2.75) is 59.0 Å². The van der Waals surface area contributed by atoms with E-state index in [1.807, 2.05) is 18.2 Å². The highest BCUT2D eigenvalue weighted by Gasteiger charge is 2.18. The molecule has 5 nitrogen and oxygen atoms in total. The van der Waals surface area contributed by atoms with E-state index in [-0.39, 0.29) is 24.2 Å². The Bertz CT molecular complexity index is 883. The minimum Gasteiger partial charge on any atom is -0.379 e. The Labute approximate surface area is 191 Å². The van der Waals surface area contributed by atoms with E-state index in [0.717, 1.165) is 51.1 Å². The second kappa shape index (κ2) is 12.1. The SMILES string of the molecule is CCCC(CC)C(C)NC(=O)Cc1cccc(-c2ccc(CN3CCOCC3)cc2F)n1. The van der Waals surface area contributed by atoms with Gasteiger partial charge >= 0.3 is 0 Å². The molecule has 1 N–H and O–H groups in total. The van der Waals surface area contributed by atoms with E-state index in [0.29, 0.717) is 29.4 Å². The molecule has 0 bridgehead atoms. The van der Waals surface area contributed by atoms with Gasteiger partial charge in [0.05, 0.1) is 31.0 Å². The van der Waals surface area contributed by atoms with Gasteiger partial charge in [0.25, 0.3) is 0 Å². The molecule has 2 unspecified atom stereocenters. The molecule has 2 heterocycles. The summed E-state index contributed by atoms with van der Waals surface area (Å²) in [7, 11) is 0. The number of halogens is 1. The fourth-order valence-corrected chi connectivity index (χ4v) is 4.38. The molecule has 1 saturated heterocycles. The summed E-state index contributed by atoms with van der Waals surface area (Å²) in [5, 5.41) is 3.11. The van der Waals surface area contributed by atoms with E-state index in [4.69, 9.17) is 4.74 Å². The molecule has 1 aromatic carbocycles. The minimum absolute atomic E-state index is 0.0435. The molecule has 2 aromatic rings. The van der Waals surface area contributed by atoms with E-state index in [9.17, 15) is 9.18 Å². The van der Waals surface area contributed by atoms with E-state index < -0.39 is 0 Å². The number of carbonyl (C=O) groups is 1. The number of hydrogen-bond donors (Lipinski definition) is 1. The molecule has 174 valence electrons. The van der Waals surface area contributed by atoms with Crippen molar-refractivity contribution in [3.63, 3.8) is 0 Å². The molecule has 0 spiro atoms. The summed E-state index contributed by atoms with van der Waals surface area (Å²) >= 11 is 0. The van der Waals surface area contributed by atoms with Crippen LogP contribution in [0.4, 0.5) is 4.39 Å². The zero-order valence-electron chi connectivity index (χ0n) is 19.6. The lowest BCUT2D eigenvalue weighted by Crippen LogP contribution is -2.38. The number of nitrogens with zero attached hydrogens (tertiary/aromatic N) is 2. The van der Waals surface area contributed by atoms with Gasteiger partial charge in [-0.15, -0.1) is 0 Å². The van der Waals surface area contributed by atoms with Crippen LogP contribution in [0.25, 0.3) is 11.3 Å². The quantitative estimate of drug-likeness (QED) is 0.586. The summed E-state index contributed by atoms with van der Waals surface area (Å²) in [6, 6.07) is 10.9. The third-order valence-electron chi connectivity index (χ3n) is 6.25. The van der Waals surface area contributed by atoms with Gasteiger partial charge in [-0.25, -0.2) is 4.39 Å². The maximum atomic E-state index is 14.9. The molecule has 0 saturated carbocycles. The van der Waals surface area contributed by atoms with Crippen LogP contribution in [0.1, 0.15) is 51.3 Å². The fourth-order valence-electron chi connectivity index (χ4n) is 4.38. The Morgan fingerprint density at radius 3 is 2.69 bits per heavy atom. The van der Waals surface area contributed by atoms with Crippen molar-refractivity contribution in [1.29, 1.82) is 0 Å². The monoisotopic (exact) mass is 441 g/mol. The molecule has 2 atom stereocenters. The van der Waals surface area contributed by atoms with Crippen LogP contribution < -0.4 is 5.32 Å². The molecule has 3 rings (SSSR count). The number of rotatable bonds is 10. The molecule has 6 heteroatoms. The first-order valence-electron chi connectivity index (χ1n) is 11.8. The Morgan fingerprint density at radius 2 is 2.00 bits per heavy atom. The third-order valence-corrected chi connectivity index (χ3v) is 6.25. The Hall–Kier alpha value is -2.31. The zero-order valence-corrected chi connectivity index (χ0v) is 19.6. The number of morpholine rings is 1. The van der Waals surface area contributed by atoms with Gasteiger partial charge in [0, 0.05) is 31.2 Å². The summed E-state index contributed by atoms with van der Waals surface area (Å²) in [6.07, 6.45) is 3.45. The third kappa shape index (κ3) is 6.84. The highest BCUT2D eigenvalue weighted by atomic mass is 19.1. The lowest BCUT2D eigenvalue weighted by molar-refractivity contribution is -0.121. The summed E-state index contributed by atoms with van der Waals surface area (Å²) in [5.74, 6) is 0.148. The van der Waals surface area contributed by atoms with Crippen molar-refractivity contribution < 1.29 is 13.9 Å². The van der Waals surface area contributed by atoms with Gasteiger partial charge in [-0.2, -0.15) is 0 Å². The number of carbonyl (C=O) groups excluding carboxylic acids is 1. The van der Waals surface area contributed by atoms with Crippen LogP contribution in [0, 0.1) is 11.7 Å². The van der Waals surface area contributed by atoms with Gasteiger partial charge in [0.2, 0.25) is 5.91 Å². The van der Waals surface area contributed by atoms with Crippen LogP contribution in [0.2, 0.25) is 0 Å². The standard InChI is InChI=1S/C26H36FN3O2/c1-4-7-21(5-2)19(3)28-26(31)17-22-8-6-9-25(29-22)23-11-10-20(16-24(23)27)18-30-12-14-32-15-13-30/h6,8-11,16,19,21H,4-5,7,12-15,17-18H2,1-3H3,(H,28,31).